The summed E-state index contributed by atoms with van der Waals surface area (Å²) in [6.07, 6.45) is 2.28. The minimum Gasteiger partial charge on any atom is -0.333 e. The summed E-state index contributed by atoms with van der Waals surface area (Å²) in [5, 5.41) is 8.60. The van der Waals surface area contributed by atoms with Crippen LogP contribution in [0.3, 0.4) is 0 Å². The number of aromatic nitrogens is 2. The summed E-state index contributed by atoms with van der Waals surface area (Å²) >= 11 is 1.48. The van der Waals surface area contributed by atoms with Crippen molar-refractivity contribution in [3.05, 3.63) is 17.3 Å². The van der Waals surface area contributed by atoms with Crippen LogP contribution >= 0.6 is 11.3 Å². The van der Waals surface area contributed by atoms with Crippen LogP contribution in [0.4, 0.5) is 5.69 Å². The van der Waals surface area contributed by atoms with Gasteiger partial charge in [-0.15, -0.1) is 11.3 Å². The highest BCUT2D eigenvalue weighted by molar-refractivity contribution is 7.14. The van der Waals surface area contributed by atoms with E-state index in [0.29, 0.717) is 11.8 Å². The smallest absolute Gasteiger partial charge is 0.270 e. The average molecular weight is 249 g/mol. The zero-order valence-electron chi connectivity index (χ0n) is 9.27. The predicted octanol–water partition coefficient (Wildman–Crippen LogP) is 2.63. The van der Waals surface area contributed by atoms with Gasteiger partial charge in [-0.1, -0.05) is 5.16 Å². The molecule has 0 atom stereocenters. The summed E-state index contributed by atoms with van der Waals surface area (Å²) < 4.78 is 5.23. The molecular formula is C11H11N3O2S. The Kier molecular flexibility index (Phi) is 2.44. The lowest BCUT2D eigenvalue weighted by Crippen LogP contribution is -2.05. The summed E-state index contributed by atoms with van der Waals surface area (Å²) in [6, 6.07) is 1.84. The van der Waals surface area contributed by atoms with Crippen molar-refractivity contribution in [2.75, 3.05) is 5.32 Å². The molecule has 17 heavy (non-hydrogen) atoms. The number of hydrogen-bond acceptors (Lipinski definition) is 5. The second-order valence-electron chi connectivity index (χ2n) is 4.08. The van der Waals surface area contributed by atoms with E-state index in [-0.39, 0.29) is 5.91 Å². The Bertz CT molecular complexity index is 557. The Morgan fingerprint density at radius 2 is 2.41 bits per heavy atom. The molecule has 1 amide bonds. The van der Waals surface area contributed by atoms with E-state index in [0.717, 1.165) is 29.2 Å². The zero-order chi connectivity index (χ0) is 11.8. The maximum absolute atomic E-state index is 11.0. The van der Waals surface area contributed by atoms with E-state index in [2.05, 4.69) is 15.5 Å². The van der Waals surface area contributed by atoms with Crippen LogP contribution in [-0.4, -0.2) is 16.0 Å². The van der Waals surface area contributed by atoms with Crippen molar-refractivity contribution in [3.8, 4) is 10.8 Å². The molecule has 6 heteroatoms. The molecule has 3 rings (SSSR count). The Hall–Kier alpha value is -1.69. The van der Waals surface area contributed by atoms with E-state index in [9.17, 15) is 4.79 Å². The molecule has 1 fully saturated rings. The lowest BCUT2D eigenvalue weighted by atomic mass is 10.3. The van der Waals surface area contributed by atoms with Crippen molar-refractivity contribution in [1.82, 2.24) is 10.1 Å². The third-order valence-corrected chi connectivity index (χ3v) is 3.46. The lowest BCUT2D eigenvalue weighted by Gasteiger charge is -1.99. The van der Waals surface area contributed by atoms with Crippen LogP contribution in [0.5, 0.6) is 0 Å². The fourth-order valence-electron chi connectivity index (χ4n) is 1.60. The number of carbonyl (C=O) groups is 1. The van der Waals surface area contributed by atoms with Gasteiger partial charge in [0, 0.05) is 12.8 Å². The highest BCUT2D eigenvalue weighted by atomic mass is 32.1. The first-order valence-corrected chi connectivity index (χ1v) is 6.31. The highest BCUT2D eigenvalue weighted by Gasteiger charge is 2.29. The van der Waals surface area contributed by atoms with Gasteiger partial charge in [-0.3, -0.25) is 4.79 Å². The molecule has 0 aromatic carbocycles. The van der Waals surface area contributed by atoms with E-state index in [1.807, 2.05) is 11.4 Å². The molecule has 0 radical (unpaired) electrons. The molecule has 88 valence electrons. The van der Waals surface area contributed by atoms with Crippen LogP contribution in [0.15, 0.2) is 16.0 Å². The molecule has 0 aliphatic heterocycles. The third kappa shape index (κ3) is 2.08. The first-order valence-electron chi connectivity index (χ1n) is 5.43. The fraction of sp³-hybridized carbons (Fsp3) is 0.364. The number of amides is 1. The van der Waals surface area contributed by atoms with E-state index >= 15 is 0 Å². The number of nitrogens with one attached hydrogen (secondary N) is 1. The summed E-state index contributed by atoms with van der Waals surface area (Å²) in [4.78, 5) is 16.2. The van der Waals surface area contributed by atoms with Gasteiger partial charge in [0.2, 0.25) is 5.91 Å². The van der Waals surface area contributed by atoms with Crippen LogP contribution in [0, 0.1) is 0 Å². The number of nitrogens with zero attached hydrogens (tertiary/aromatic N) is 2. The Balaban J connectivity index is 1.91. The Labute approximate surface area is 102 Å². The molecule has 0 saturated heterocycles. The van der Waals surface area contributed by atoms with Gasteiger partial charge in [-0.05, 0) is 24.3 Å². The normalized spacial score (nSPS) is 14.9. The summed E-state index contributed by atoms with van der Waals surface area (Å²) in [7, 11) is 0. The van der Waals surface area contributed by atoms with E-state index in [4.69, 9.17) is 4.52 Å². The van der Waals surface area contributed by atoms with Crippen molar-refractivity contribution < 1.29 is 9.32 Å². The van der Waals surface area contributed by atoms with Crippen molar-refractivity contribution in [2.45, 2.75) is 25.7 Å². The number of thiophene rings is 1. The molecule has 1 N–H and O–H groups in total. The van der Waals surface area contributed by atoms with E-state index in [1.54, 1.807) is 0 Å². The lowest BCUT2D eigenvalue weighted by molar-refractivity contribution is -0.114. The van der Waals surface area contributed by atoms with Crippen LogP contribution < -0.4 is 5.32 Å². The third-order valence-electron chi connectivity index (χ3n) is 2.55. The molecule has 1 aliphatic rings. The summed E-state index contributed by atoms with van der Waals surface area (Å²) in [5.41, 5.74) is 0.730. The molecule has 0 spiro atoms. The van der Waals surface area contributed by atoms with Gasteiger partial charge in [-0.25, -0.2) is 0 Å². The summed E-state index contributed by atoms with van der Waals surface area (Å²) in [6.45, 7) is 1.48. The van der Waals surface area contributed by atoms with Crippen LogP contribution in [-0.2, 0) is 4.79 Å². The minimum absolute atomic E-state index is 0.105. The van der Waals surface area contributed by atoms with Crippen LogP contribution in [0.1, 0.15) is 31.5 Å². The van der Waals surface area contributed by atoms with Crippen LogP contribution in [0.2, 0.25) is 0 Å². The van der Waals surface area contributed by atoms with Gasteiger partial charge in [0.25, 0.3) is 5.89 Å². The standard InChI is InChI=1S/C11H11N3O2S/c1-6(15)12-8-4-5-17-9(8)11-13-10(14-16-11)7-2-3-7/h4-5,7H,2-3H2,1H3,(H,12,15). The Morgan fingerprint density at radius 1 is 1.59 bits per heavy atom. The monoisotopic (exact) mass is 249 g/mol. The number of anilines is 1. The van der Waals surface area contributed by atoms with Gasteiger partial charge >= 0.3 is 0 Å². The molecule has 5 nitrogen and oxygen atoms in total. The molecule has 1 aliphatic carbocycles. The SMILES string of the molecule is CC(=O)Nc1ccsc1-c1nc(C2CC2)no1. The van der Waals surface area contributed by atoms with Gasteiger partial charge in [0.05, 0.1) is 5.69 Å². The molecule has 0 bridgehead atoms. The van der Waals surface area contributed by atoms with Gasteiger partial charge in [-0.2, -0.15) is 4.98 Å². The Morgan fingerprint density at radius 3 is 3.12 bits per heavy atom. The average Bonchev–Trinajstić information content (AvgIpc) is 2.85. The quantitative estimate of drug-likeness (QED) is 0.907. The van der Waals surface area contributed by atoms with Crippen molar-refractivity contribution >= 4 is 22.9 Å². The molecule has 2 aromatic heterocycles. The van der Waals surface area contributed by atoms with Gasteiger partial charge in [0.1, 0.15) is 4.88 Å². The van der Waals surface area contributed by atoms with Crippen molar-refractivity contribution in [1.29, 1.82) is 0 Å². The van der Waals surface area contributed by atoms with Crippen LogP contribution in [0.25, 0.3) is 10.8 Å². The minimum atomic E-state index is -0.105. The maximum Gasteiger partial charge on any atom is 0.270 e. The fourth-order valence-corrected chi connectivity index (χ4v) is 2.37. The number of hydrogen-bond donors (Lipinski definition) is 1. The molecule has 2 aromatic rings. The van der Waals surface area contributed by atoms with Crippen molar-refractivity contribution in [3.63, 3.8) is 0 Å². The maximum atomic E-state index is 11.0. The molecule has 1 saturated carbocycles. The summed E-state index contributed by atoms with van der Waals surface area (Å²) in [5.74, 6) is 1.64. The molecular weight excluding hydrogens is 238 g/mol. The topological polar surface area (TPSA) is 68.0 Å². The van der Waals surface area contributed by atoms with Crippen molar-refractivity contribution in [2.24, 2.45) is 0 Å². The largest absolute Gasteiger partial charge is 0.333 e. The van der Waals surface area contributed by atoms with E-state index in [1.165, 1.54) is 18.3 Å². The number of carbonyl (C=O) groups excluding carboxylic acids is 1. The second kappa shape index (κ2) is 3.96. The first kappa shape index (κ1) is 10.5. The zero-order valence-corrected chi connectivity index (χ0v) is 10.1. The molecule has 2 heterocycles. The second-order valence-corrected chi connectivity index (χ2v) is 4.99. The van der Waals surface area contributed by atoms with Gasteiger partial charge < -0.3 is 9.84 Å². The predicted molar refractivity (Wildman–Crippen MR) is 63.9 cm³/mol. The number of rotatable bonds is 3. The molecule has 0 unspecified atom stereocenters. The van der Waals surface area contributed by atoms with E-state index < -0.39 is 0 Å². The highest BCUT2D eigenvalue weighted by Crippen LogP contribution is 2.40. The first-order chi connectivity index (χ1) is 8.24. The van der Waals surface area contributed by atoms with Gasteiger partial charge in [0.15, 0.2) is 5.82 Å².